The van der Waals surface area contributed by atoms with Crippen LogP contribution < -0.4 is 0 Å². The van der Waals surface area contributed by atoms with Crippen molar-refractivity contribution in [2.75, 3.05) is 13.1 Å². The number of carboxylic acid groups (broad SMARTS) is 1. The summed E-state index contributed by atoms with van der Waals surface area (Å²) in [7, 11) is 0. The van der Waals surface area contributed by atoms with Gasteiger partial charge < -0.3 is 9.52 Å². The van der Waals surface area contributed by atoms with Crippen molar-refractivity contribution >= 4 is 29.1 Å². The summed E-state index contributed by atoms with van der Waals surface area (Å²) >= 11 is 0. The van der Waals surface area contributed by atoms with Crippen molar-refractivity contribution in [2.24, 2.45) is 5.92 Å². The SMILES string of the molecule is CC[C@H](C)CN(C(=O)O)C(=O)N(CCCc1ccccc1)C(=O)c1nc2ccccc2o1. The van der Waals surface area contributed by atoms with Crippen molar-refractivity contribution < 1.29 is 23.9 Å². The molecule has 32 heavy (non-hydrogen) atoms. The number of urea groups is 1. The van der Waals surface area contributed by atoms with Gasteiger partial charge in [0.05, 0.1) is 0 Å². The first-order chi connectivity index (χ1) is 15.4. The molecule has 2 aromatic carbocycles. The molecule has 3 rings (SSSR count). The molecule has 0 radical (unpaired) electrons. The number of aryl methyl sites for hydroxylation is 1. The summed E-state index contributed by atoms with van der Waals surface area (Å²) in [5, 5.41) is 9.64. The van der Waals surface area contributed by atoms with E-state index in [0.717, 1.165) is 10.5 Å². The average molecular weight is 437 g/mol. The van der Waals surface area contributed by atoms with Gasteiger partial charge in [-0.2, -0.15) is 0 Å². The molecular formula is C24H27N3O5. The molecule has 3 aromatic rings. The van der Waals surface area contributed by atoms with Crippen LogP contribution in [0.5, 0.6) is 0 Å². The average Bonchev–Trinajstić information content (AvgIpc) is 3.24. The van der Waals surface area contributed by atoms with E-state index < -0.39 is 18.0 Å². The summed E-state index contributed by atoms with van der Waals surface area (Å²) in [6, 6.07) is 15.7. The van der Waals surface area contributed by atoms with E-state index in [4.69, 9.17) is 4.42 Å². The normalized spacial score (nSPS) is 11.8. The number of amides is 4. The Labute approximate surface area is 186 Å². The van der Waals surface area contributed by atoms with Gasteiger partial charge in [-0.25, -0.2) is 19.5 Å². The highest BCUT2D eigenvalue weighted by Crippen LogP contribution is 2.18. The van der Waals surface area contributed by atoms with Gasteiger partial charge >= 0.3 is 18.0 Å². The van der Waals surface area contributed by atoms with Crippen LogP contribution in [0.25, 0.3) is 11.1 Å². The van der Waals surface area contributed by atoms with E-state index in [-0.39, 0.29) is 24.9 Å². The zero-order chi connectivity index (χ0) is 23.1. The minimum atomic E-state index is -1.39. The number of carbonyl (C=O) groups excluding carboxylic acids is 2. The van der Waals surface area contributed by atoms with E-state index in [1.54, 1.807) is 24.3 Å². The fraction of sp³-hybridized carbons (Fsp3) is 0.333. The van der Waals surface area contributed by atoms with E-state index in [2.05, 4.69) is 4.98 Å². The molecule has 0 aliphatic rings. The minimum Gasteiger partial charge on any atom is -0.465 e. The maximum Gasteiger partial charge on any atom is 0.415 e. The lowest BCUT2D eigenvalue weighted by atomic mass is 10.1. The molecule has 1 heterocycles. The van der Waals surface area contributed by atoms with Crippen LogP contribution in [0.15, 0.2) is 59.0 Å². The van der Waals surface area contributed by atoms with Crippen molar-refractivity contribution in [3.8, 4) is 0 Å². The number of nitrogens with zero attached hydrogens (tertiary/aromatic N) is 3. The van der Waals surface area contributed by atoms with Crippen LogP contribution in [0.3, 0.4) is 0 Å². The van der Waals surface area contributed by atoms with E-state index >= 15 is 0 Å². The Bertz CT molecular complexity index is 1050. The second-order valence-corrected chi connectivity index (χ2v) is 7.72. The van der Waals surface area contributed by atoms with E-state index in [9.17, 15) is 19.5 Å². The maximum atomic E-state index is 13.2. The lowest BCUT2D eigenvalue weighted by Gasteiger charge is -2.27. The second-order valence-electron chi connectivity index (χ2n) is 7.72. The van der Waals surface area contributed by atoms with Gasteiger partial charge in [0.25, 0.3) is 5.89 Å². The topological polar surface area (TPSA) is 104 Å². The third kappa shape index (κ3) is 5.51. The quantitative estimate of drug-likeness (QED) is 0.529. The fourth-order valence-corrected chi connectivity index (χ4v) is 3.27. The summed E-state index contributed by atoms with van der Waals surface area (Å²) in [6.45, 7) is 3.80. The number of fused-ring (bicyclic) bond motifs is 1. The highest BCUT2D eigenvalue weighted by atomic mass is 16.4. The highest BCUT2D eigenvalue weighted by Gasteiger charge is 2.33. The van der Waals surface area contributed by atoms with Gasteiger partial charge in [0.15, 0.2) is 5.58 Å². The maximum absolute atomic E-state index is 13.2. The summed E-state index contributed by atoms with van der Waals surface area (Å²) in [5.41, 5.74) is 1.97. The zero-order valence-electron chi connectivity index (χ0n) is 18.2. The Morgan fingerprint density at radius 1 is 1.03 bits per heavy atom. The zero-order valence-corrected chi connectivity index (χ0v) is 18.2. The first-order valence-corrected chi connectivity index (χ1v) is 10.7. The van der Waals surface area contributed by atoms with Crippen LogP contribution >= 0.6 is 0 Å². The molecule has 8 heteroatoms. The molecular weight excluding hydrogens is 410 g/mol. The number of rotatable bonds is 8. The Hall–Kier alpha value is -3.68. The molecule has 8 nitrogen and oxygen atoms in total. The van der Waals surface area contributed by atoms with Gasteiger partial charge in [0.2, 0.25) is 0 Å². The third-order valence-corrected chi connectivity index (χ3v) is 5.30. The highest BCUT2D eigenvalue weighted by molar-refractivity contribution is 6.05. The Balaban J connectivity index is 1.85. The van der Waals surface area contributed by atoms with Gasteiger partial charge in [-0.05, 0) is 36.5 Å². The van der Waals surface area contributed by atoms with Gasteiger partial charge in [-0.15, -0.1) is 0 Å². The van der Waals surface area contributed by atoms with Crippen LogP contribution in [0.4, 0.5) is 9.59 Å². The molecule has 0 unspecified atom stereocenters. The predicted molar refractivity (Wildman–Crippen MR) is 119 cm³/mol. The fourth-order valence-electron chi connectivity index (χ4n) is 3.27. The monoisotopic (exact) mass is 437 g/mol. The number of oxazole rings is 1. The molecule has 0 spiro atoms. The van der Waals surface area contributed by atoms with Gasteiger partial charge in [0.1, 0.15) is 5.52 Å². The van der Waals surface area contributed by atoms with Crippen molar-refractivity contribution in [3.63, 3.8) is 0 Å². The summed E-state index contributed by atoms with van der Waals surface area (Å²) < 4.78 is 5.55. The van der Waals surface area contributed by atoms with Gasteiger partial charge in [-0.1, -0.05) is 62.7 Å². The number of para-hydroxylation sites is 2. The minimum absolute atomic E-state index is 0.000685. The van der Waals surface area contributed by atoms with E-state index in [1.807, 2.05) is 44.2 Å². The number of hydrogen-bond donors (Lipinski definition) is 1. The Kier molecular flexibility index (Phi) is 7.59. The number of imide groups is 2. The first kappa shape index (κ1) is 23.0. The number of carbonyl (C=O) groups is 3. The van der Waals surface area contributed by atoms with Crippen molar-refractivity contribution in [1.29, 1.82) is 0 Å². The van der Waals surface area contributed by atoms with Crippen LogP contribution in [0.2, 0.25) is 0 Å². The molecule has 0 saturated carbocycles. The molecule has 1 N–H and O–H groups in total. The van der Waals surface area contributed by atoms with Crippen molar-refractivity contribution in [1.82, 2.24) is 14.8 Å². The van der Waals surface area contributed by atoms with Crippen molar-refractivity contribution in [2.45, 2.75) is 33.1 Å². The molecule has 4 amide bonds. The lowest BCUT2D eigenvalue weighted by molar-refractivity contribution is 0.0712. The molecule has 0 aliphatic heterocycles. The van der Waals surface area contributed by atoms with Crippen LogP contribution in [0, 0.1) is 5.92 Å². The largest absolute Gasteiger partial charge is 0.465 e. The Morgan fingerprint density at radius 3 is 2.38 bits per heavy atom. The standard InChI is InChI=1S/C24H27N3O5/c1-3-17(2)16-27(24(30)31)23(29)26(15-9-12-18-10-5-4-6-11-18)22(28)21-25-19-13-7-8-14-20(19)32-21/h4-8,10-11,13-14,17H,3,9,12,15-16H2,1-2H3,(H,30,31)/t17-/m0/s1. The first-order valence-electron chi connectivity index (χ1n) is 10.7. The van der Waals surface area contributed by atoms with Gasteiger partial charge in [0, 0.05) is 13.1 Å². The molecule has 168 valence electrons. The van der Waals surface area contributed by atoms with Crippen LogP contribution in [-0.4, -0.2) is 51.0 Å². The summed E-state index contributed by atoms with van der Waals surface area (Å²) in [4.78, 5) is 44.0. The molecule has 0 aliphatic carbocycles. The molecule has 0 fully saturated rings. The summed E-state index contributed by atoms with van der Waals surface area (Å²) in [5.74, 6) is -1.04. The Morgan fingerprint density at radius 2 is 1.72 bits per heavy atom. The number of benzene rings is 2. The number of aromatic nitrogens is 1. The molecule has 0 bridgehead atoms. The lowest BCUT2D eigenvalue weighted by Crippen LogP contribution is -2.50. The smallest absolute Gasteiger partial charge is 0.415 e. The van der Waals surface area contributed by atoms with Crippen LogP contribution in [0.1, 0.15) is 42.9 Å². The van der Waals surface area contributed by atoms with E-state index in [0.29, 0.717) is 35.3 Å². The van der Waals surface area contributed by atoms with Gasteiger partial charge in [-0.3, -0.25) is 9.69 Å². The molecule has 0 saturated heterocycles. The number of hydrogen-bond acceptors (Lipinski definition) is 5. The molecule has 1 atom stereocenters. The molecule has 1 aromatic heterocycles. The van der Waals surface area contributed by atoms with Crippen molar-refractivity contribution in [3.05, 3.63) is 66.1 Å². The predicted octanol–water partition coefficient (Wildman–Crippen LogP) is 5.05. The summed E-state index contributed by atoms with van der Waals surface area (Å²) in [6.07, 6.45) is 0.403. The second kappa shape index (κ2) is 10.6. The third-order valence-electron chi connectivity index (χ3n) is 5.30. The van der Waals surface area contributed by atoms with Crippen LogP contribution in [-0.2, 0) is 6.42 Å². The van der Waals surface area contributed by atoms with E-state index in [1.165, 1.54) is 0 Å².